The van der Waals surface area contributed by atoms with Gasteiger partial charge < -0.3 is 14.2 Å². The van der Waals surface area contributed by atoms with Crippen LogP contribution in [0.2, 0.25) is 0 Å². The van der Waals surface area contributed by atoms with Crippen molar-refractivity contribution in [3.8, 4) is 0 Å². The van der Waals surface area contributed by atoms with Gasteiger partial charge in [0.1, 0.15) is 13.2 Å². The average Bonchev–Trinajstić information content (AvgIpc) is 3.45. The summed E-state index contributed by atoms with van der Waals surface area (Å²) < 4.78 is 17.0. The Bertz CT molecular complexity index is 1230. The average molecular weight is 1110 g/mol. The third-order valence-corrected chi connectivity index (χ3v) is 16.8. The number of rotatable bonds is 68. The SMILES string of the molecule is CCCCCCCCC/C=C\CCCCCCCC(=O)OC(COC(=O)CCCCCCCCCCCCCCCCCC)COC(=O)CCCCCCCCCCCCCCCCCCCCCCCCCCCCCCC. The van der Waals surface area contributed by atoms with E-state index in [-0.39, 0.29) is 31.1 Å². The molecule has 0 spiro atoms. The zero-order valence-electron chi connectivity index (χ0n) is 53.9. The maximum atomic E-state index is 12.9. The van der Waals surface area contributed by atoms with Crippen LogP contribution in [0.5, 0.6) is 0 Å². The number of esters is 3. The number of carbonyl (C=O) groups excluding carboxylic acids is 3. The van der Waals surface area contributed by atoms with Gasteiger partial charge >= 0.3 is 17.9 Å². The molecule has 0 saturated heterocycles. The van der Waals surface area contributed by atoms with Crippen LogP contribution >= 0.6 is 0 Å². The number of hydrogen-bond acceptors (Lipinski definition) is 6. The highest BCUT2D eigenvalue weighted by Crippen LogP contribution is 2.19. The van der Waals surface area contributed by atoms with Gasteiger partial charge in [0.2, 0.25) is 0 Å². The van der Waals surface area contributed by atoms with Gasteiger partial charge in [0.25, 0.3) is 0 Å². The first kappa shape index (κ1) is 77.2. The van der Waals surface area contributed by atoms with Crippen LogP contribution in [0.1, 0.15) is 419 Å². The topological polar surface area (TPSA) is 78.9 Å². The molecular weight excluding hydrogens is 973 g/mol. The Kier molecular flexibility index (Phi) is 67.0. The summed E-state index contributed by atoms with van der Waals surface area (Å²) >= 11 is 0. The summed E-state index contributed by atoms with van der Waals surface area (Å²) in [6.45, 7) is 6.72. The van der Waals surface area contributed by atoms with Crippen molar-refractivity contribution < 1.29 is 28.6 Å². The standard InChI is InChI=1S/C73H140O6/c1-4-7-10-13-16-19-22-25-28-31-32-33-34-35-36-37-38-39-40-41-42-43-46-48-51-54-57-60-63-66-72(75)78-69-70(79-73(76)67-64-61-58-55-52-49-45-30-27-24-21-18-15-12-9-6-3)68-77-71(74)65-62-59-56-53-50-47-44-29-26-23-20-17-14-11-8-5-2/h30,45,70H,4-29,31-44,46-69H2,1-3H3/b45-30-. The molecular formula is C73H140O6. The van der Waals surface area contributed by atoms with Crippen molar-refractivity contribution in [3.63, 3.8) is 0 Å². The molecule has 1 atom stereocenters. The second-order valence-electron chi connectivity index (χ2n) is 24.9. The molecule has 0 amide bonds. The summed E-state index contributed by atoms with van der Waals surface area (Å²) in [7, 11) is 0. The fourth-order valence-corrected chi connectivity index (χ4v) is 11.3. The molecule has 0 aromatic carbocycles. The Balaban J connectivity index is 4.17. The number of allylic oxidation sites excluding steroid dienone is 2. The molecule has 0 aromatic rings. The lowest BCUT2D eigenvalue weighted by Gasteiger charge is -2.18. The molecule has 0 aliphatic carbocycles. The van der Waals surface area contributed by atoms with E-state index >= 15 is 0 Å². The van der Waals surface area contributed by atoms with Gasteiger partial charge in [0.05, 0.1) is 0 Å². The third kappa shape index (κ3) is 66.8. The highest BCUT2D eigenvalue weighted by molar-refractivity contribution is 5.71. The summed E-state index contributed by atoms with van der Waals surface area (Å²) in [5.74, 6) is -0.839. The van der Waals surface area contributed by atoms with Gasteiger partial charge in [-0.3, -0.25) is 14.4 Å². The fraction of sp³-hybridized carbons (Fsp3) is 0.932. The van der Waals surface area contributed by atoms with Gasteiger partial charge in [0, 0.05) is 19.3 Å². The molecule has 6 heteroatoms. The molecule has 468 valence electrons. The highest BCUT2D eigenvalue weighted by atomic mass is 16.6. The minimum absolute atomic E-state index is 0.0665. The molecule has 1 unspecified atom stereocenters. The molecule has 0 radical (unpaired) electrons. The zero-order valence-corrected chi connectivity index (χ0v) is 53.9. The van der Waals surface area contributed by atoms with Crippen LogP contribution in [0.15, 0.2) is 12.2 Å². The molecule has 0 rings (SSSR count). The van der Waals surface area contributed by atoms with Gasteiger partial charge in [-0.1, -0.05) is 367 Å². The number of carbonyl (C=O) groups is 3. The van der Waals surface area contributed by atoms with Crippen molar-refractivity contribution >= 4 is 17.9 Å². The quantitative estimate of drug-likeness (QED) is 0.0261. The van der Waals surface area contributed by atoms with Crippen molar-refractivity contribution in [1.29, 1.82) is 0 Å². The van der Waals surface area contributed by atoms with Crippen molar-refractivity contribution in [2.45, 2.75) is 425 Å². The van der Waals surface area contributed by atoms with E-state index in [0.717, 1.165) is 64.2 Å². The number of ether oxygens (including phenoxy) is 3. The first-order valence-corrected chi connectivity index (χ1v) is 36.2. The smallest absolute Gasteiger partial charge is 0.306 e. The highest BCUT2D eigenvalue weighted by Gasteiger charge is 2.19. The minimum Gasteiger partial charge on any atom is -0.462 e. The molecule has 0 aliphatic heterocycles. The molecule has 0 N–H and O–H groups in total. The van der Waals surface area contributed by atoms with E-state index in [0.29, 0.717) is 19.3 Å². The third-order valence-electron chi connectivity index (χ3n) is 16.8. The van der Waals surface area contributed by atoms with Crippen LogP contribution in [0.4, 0.5) is 0 Å². The van der Waals surface area contributed by atoms with E-state index in [1.165, 1.54) is 315 Å². The van der Waals surface area contributed by atoms with Crippen molar-refractivity contribution in [2.75, 3.05) is 13.2 Å². The van der Waals surface area contributed by atoms with E-state index in [4.69, 9.17) is 14.2 Å². The Morgan fingerprint density at radius 1 is 0.241 bits per heavy atom. The maximum absolute atomic E-state index is 12.9. The van der Waals surface area contributed by atoms with Gasteiger partial charge in [-0.15, -0.1) is 0 Å². The first-order valence-electron chi connectivity index (χ1n) is 36.2. The number of unbranched alkanes of at least 4 members (excludes halogenated alkanes) is 55. The molecule has 0 fully saturated rings. The summed E-state index contributed by atoms with van der Waals surface area (Å²) in [6.07, 6.45) is 82.5. The van der Waals surface area contributed by atoms with Crippen LogP contribution in [-0.2, 0) is 28.6 Å². The van der Waals surface area contributed by atoms with E-state index < -0.39 is 6.10 Å². The Hall–Kier alpha value is -1.85. The molecule has 0 aliphatic rings. The lowest BCUT2D eigenvalue weighted by atomic mass is 10.0. The fourth-order valence-electron chi connectivity index (χ4n) is 11.3. The van der Waals surface area contributed by atoms with Gasteiger partial charge in [0.15, 0.2) is 6.10 Å². The lowest BCUT2D eigenvalue weighted by molar-refractivity contribution is -0.167. The van der Waals surface area contributed by atoms with Crippen molar-refractivity contribution in [2.24, 2.45) is 0 Å². The van der Waals surface area contributed by atoms with E-state index in [1.54, 1.807) is 0 Å². The summed E-state index contributed by atoms with van der Waals surface area (Å²) in [5, 5.41) is 0. The first-order chi connectivity index (χ1) is 39.0. The Morgan fingerprint density at radius 3 is 0.633 bits per heavy atom. The maximum Gasteiger partial charge on any atom is 0.306 e. The van der Waals surface area contributed by atoms with Gasteiger partial charge in [-0.2, -0.15) is 0 Å². The Labute approximate surface area is 494 Å². The predicted octanol–water partition coefficient (Wildman–Crippen LogP) is 24.8. The van der Waals surface area contributed by atoms with Crippen LogP contribution in [0.3, 0.4) is 0 Å². The van der Waals surface area contributed by atoms with Crippen LogP contribution < -0.4 is 0 Å². The second-order valence-corrected chi connectivity index (χ2v) is 24.9. The minimum atomic E-state index is -0.771. The van der Waals surface area contributed by atoms with Crippen LogP contribution in [0.25, 0.3) is 0 Å². The summed E-state index contributed by atoms with van der Waals surface area (Å²) in [6, 6.07) is 0. The zero-order chi connectivity index (χ0) is 57.1. The monoisotopic (exact) mass is 1110 g/mol. The molecule has 0 aromatic heterocycles. The lowest BCUT2D eigenvalue weighted by Crippen LogP contribution is -2.30. The predicted molar refractivity (Wildman–Crippen MR) is 344 cm³/mol. The van der Waals surface area contributed by atoms with E-state index in [2.05, 4.69) is 32.9 Å². The van der Waals surface area contributed by atoms with Crippen LogP contribution in [-0.4, -0.2) is 37.2 Å². The van der Waals surface area contributed by atoms with E-state index in [9.17, 15) is 14.4 Å². The number of hydrogen-bond donors (Lipinski definition) is 0. The summed E-state index contributed by atoms with van der Waals surface area (Å²) in [5.41, 5.74) is 0. The summed E-state index contributed by atoms with van der Waals surface area (Å²) in [4.78, 5) is 38.4. The van der Waals surface area contributed by atoms with Gasteiger partial charge in [-0.05, 0) is 44.9 Å². The normalized spacial score (nSPS) is 12.0. The Morgan fingerprint density at radius 2 is 0.418 bits per heavy atom. The van der Waals surface area contributed by atoms with Crippen molar-refractivity contribution in [1.82, 2.24) is 0 Å². The molecule has 0 heterocycles. The molecule has 79 heavy (non-hydrogen) atoms. The van der Waals surface area contributed by atoms with E-state index in [1.807, 2.05) is 0 Å². The van der Waals surface area contributed by atoms with Gasteiger partial charge in [-0.25, -0.2) is 0 Å². The second kappa shape index (κ2) is 68.6. The molecule has 6 nitrogen and oxygen atoms in total. The largest absolute Gasteiger partial charge is 0.462 e. The molecule has 0 saturated carbocycles. The molecule has 0 bridgehead atoms. The van der Waals surface area contributed by atoms with Crippen molar-refractivity contribution in [3.05, 3.63) is 12.2 Å². The van der Waals surface area contributed by atoms with Crippen LogP contribution in [0, 0.1) is 0 Å².